The van der Waals surface area contributed by atoms with Crippen molar-refractivity contribution in [2.75, 3.05) is 5.32 Å². The third kappa shape index (κ3) is 4.52. The molecule has 0 spiro atoms. The van der Waals surface area contributed by atoms with E-state index >= 15 is 0 Å². The molecule has 1 aliphatic heterocycles. The summed E-state index contributed by atoms with van der Waals surface area (Å²) in [7, 11) is 0. The minimum absolute atomic E-state index is 0.230. The molecule has 1 aliphatic rings. The Balaban J connectivity index is 1.51. The van der Waals surface area contributed by atoms with Crippen LogP contribution in [0.2, 0.25) is 0 Å². The number of carbonyl (C=O) groups excluding carboxylic acids is 3. The standard InChI is InChI=1S/C26H26N4O4/c1-5-15(2)22(30-24(32)20-8-6-7-9-21(20)25(30)33)23(31)29-18-10-12-19(13-11-18)34-26-27-16(3)14-17(4)28-26/h6-15,22H,5H2,1-4H3,(H,29,31). The molecule has 174 valence electrons. The van der Waals surface area contributed by atoms with Crippen LogP contribution in [0.5, 0.6) is 11.8 Å². The maximum absolute atomic E-state index is 13.3. The van der Waals surface area contributed by atoms with Crippen molar-refractivity contribution in [3.63, 3.8) is 0 Å². The van der Waals surface area contributed by atoms with E-state index in [1.165, 1.54) is 0 Å². The number of hydrogen-bond donors (Lipinski definition) is 1. The van der Waals surface area contributed by atoms with Crippen LogP contribution in [0.3, 0.4) is 0 Å². The van der Waals surface area contributed by atoms with E-state index in [0.717, 1.165) is 16.3 Å². The van der Waals surface area contributed by atoms with Gasteiger partial charge in [-0.05, 0) is 62.2 Å². The Bertz CT molecular complexity index is 1200. The van der Waals surface area contributed by atoms with Crippen LogP contribution >= 0.6 is 0 Å². The Morgan fingerprint density at radius 1 is 0.971 bits per heavy atom. The Kier molecular flexibility index (Phi) is 6.40. The van der Waals surface area contributed by atoms with Gasteiger partial charge >= 0.3 is 6.01 Å². The lowest BCUT2D eigenvalue weighted by molar-refractivity contribution is -0.121. The number of carbonyl (C=O) groups is 3. The summed E-state index contributed by atoms with van der Waals surface area (Å²) < 4.78 is 5.72. The zero-order chi connectivity index (χ0) is 24.4. The van der Waals surface area contributed by atoms with Crippen molar-refractivity contribution in [1.82, 2.24) is 14.9 Å². The van der Waals surface area contributed by atoms with Gasteiger partial charge in [0, 0.05) is 17.1 Å². The number of benzene rings is 2. The number of imide groups is 1. The lowest BCUT2D eigenvalue weighted by Gasteiger charge is -2.29. The summed E-state index contributed by atoms with van der Waals surface area (Å²) in [5.41, 5.74) is 2.77. The molecular formula is C26H26N4O4. The molecular weight excluding hydrogens is 432 g/mol. The highest BCUT2D eigenvalue weighted by Crippen LogP contribution is 2.29. The largest absolute Gasteiger partial charge is 0.424 e. The Labute approximate surface area is 198 Å². The number of rotatable bonds is 7. The summed E-state index contributed by atoms with van der Waals surface area (Å²) in [6, 6.07) is 14.6. The number of hydrogen-bond acceptors (Lipinski definition) is 6. The van der Waals surface area contributed by atoms with Gasteiger partial charge in [-0.15, -0.1) is 0 Å². The molecule has 0 bridgehead atoms. The van der Waals surface area contributed by atoms with Gasteiger partial charge in [-0.1, -0.05) is 32.4 Å². The molecule has 0 radical (unpaired) electrons. The minimum atomic E-state index is -0.933. The van der Waals surface area contributed by atoms with Crippen LogP contribution in [0.4, 0.5) is 5.69 Å². The molecule has 0 fully saturated rings. The third-order valence-electron chi connectivity index (χ3n) is 5.85. The van der Waals surface area contributed by atoms with Crippen LogP contribution in [-0.2, 0) is 4.79 Å². The van der Waals surface area contributed by atoms with Gasteiger partial charge in [-0.3, -0.25) is 19.3 Å². The van der Waals surface area contributed by atoms with Crippen LogP contribution in [0.1, 0.15) is 52.4 Å². The number of nitrogens with zero attached hydrogens (tertiary/aromatic N) is 3. The zero-order valence-electron chi connectivity index (χ0n) is 19.5. The minimum Gasteiger partial charge on any atom is -0.424 e. The fourth-order valence-corrected chi connectivity index (χ4v) is 3.98. The van der Waals surface area contributed by atoms with E-state index in [-0.39, 0.29) is 11.9 Å². The van der Waals surface area contributed by atoms with E-state index in [4.69, 9.17) is 4.74 Å². The summed E-state index contributed by atoms with van der Waals surface area (Å²) in [5, 5.41) is 2.84. The molecule has 4 rings (SSSR count). The number of nitrogens with one attached hydrogen (secondary N) is 1. The molecule has 34 heavy (non-hydrogen) atoms. The Morgan fingerprint density at radius 2 is 1.53 bits per heavy atom. The molecule has 2 unspecified atom stereocenters. The average Bonchev–Trinajstić information content (AvgIpc) is 3.05. The first-order valence-corrected chi connectivity index (χ1v) is 11.2. The topological polar surface area (TPSA) is 101 Å². The van der Waals surface area contributed by atoms with Crippen LogP contribution in [0.15, 0.2) is 54.6 Å². The van der Waals surface area contributed by atoms with Gasteiger partial charge in [0.05, 0.1) is 11.1 Å². The van der Waals surface area contributed by atoms with Crippen LogP contribution in [0, 0.1) is 19.8 Å². The molecule has 2 heterocycles. The molecule has 0 saturated heterocycles. The van der Waals surface area contributed by atoms with Gasteiger partial charge in [-0.25, -0.2) is 9.97 Å². The van der Waals surface area contributed by atoms with E-state index < -0.39 is 23.8 Å². The van der Waals surface area contributed by atoms with E-state index in [9.17, 15) is 14.4 Å². The van der Waals surface area contributed by atoms with Gasteiger partial charge < -0.3 is 10.1 Å². The smallest absolute Gasteiger partial charge is 0.322 e. The number of amides is 3. The number of anilines is 1. The monoisotopic (exact) mass is 458 g/mol. The first-order chi connectivity index (χ1) is 16.3. The number of aromatic nitrogens is 2. The fraction of sp³-hybridized carbons (Fsp3) is 0.269. The lowest BCUT2D eigenvalue weighted by atomic mass is 9.96. The predicted octanol–water partition coefficient (Wildman–Crippen LogP) is 4.54. The first kappa shape index (κ1) is 23.1. The normalized spacial score (nSPS) is 14.5. The average molecular weight is 459 g/mol. The highest BCUT2D eigenvalue weighted by atomic mass is 16.5. The van der Waals surface area contributed by atoms with Gasteiger partial charge in [0.2, 0.25) is 5.91 Å². The molecule has 1 N–H and O–H groups in total. The van der Waals surface area contributed by atoms with Crippen LogP contribution in [-0.4, -0.2) is 38.6 Å². The molecule has 2 aromatic carbocycles. The Hall–Kier alpha value is -4.07. The van der Waals surface area contributed by atoms with Crippen LogP contribution in [0.25, 0.3) is 0 Å². The molecule has 0 saturated carbocycles. The quantitative estimate of drug-likeness (QED) is 0.522. The van der Waals surface area contributed by atoms with Gasteiger partial charge in [-0.2, -0.15) is 0 Å². The molecule has 8 nitrogen and oxygen atoms in total. The second-order valence-corrected chi connectivity index (χ2v) is 8.41. The molecule has 3 aromatic rings. The summed E-state index contributed by atoms with van der Waals surface area (Å²) >= 11 is 0. The van der Waals surface area contributed by atoms with E-state index in [2.05, 4.69) is 15.3 Å². The van der Waals surface area contributed by atoms with Crippen molar-refractivity contribution in [3.8, 4) is 11.8 Å². The third-order valence-corrected chi connectivity index (χ3v) is 5.85. The maximum atomic E-state index is 13.3. The predicted molar refractivity (Wildman–Crippen MR) is 127 cm³/mol. The van der Waals surface area contributed by atoms with Gasteiger partial charge in [0.1, 0.15) is 11.8 Å². The van der Waals surface area contributed by atoms with Crippen LogP contribution < -0.4 is 10.1 Å². The van der Waals surface area contributed by atoms with E-state index in [0.29, 0.717) is 29.0 Å². The second-order valence-electron chi connectivity index (χ2n) is 8.41. The van der Waals surface area contributed by atoms with Crippen molar-refractivity contribution >= 4 is 23.4 Å². The summed E-state index contributed by atoms with van der Waals surface area (Å²) in [6.07, 6.45) is 0.619. The summed E-state index contributed by atoms with van der Waals surface area (Å²) in [4.78, 5) is 48.9. The maximum Gasteiger partial charge on any atom is 0.322 e. The SMILES string of the molecule is CCC(C)C(C(=O)Nc1ccc(Oc2nc(C)cc(C)n2)cc1)N1C(=O)c2ccccc2C1=O. The van der Waals surface area contributed by atoms with Crippen molar-refractivity contribution in [2.45, 2.75) is 40.2 Å². The highest BCUT2D eigenvalue weighted by Gasteiger charge is 2.44. The van der Waals surface area contributed by atoms with Gasteiger partial charge in [0.15, 0.2) is 0 Å². The summed E-state index contributed by atoms with van der Waals surface area (Å²) in [5.74, 6) is -1.03. The number of fused-ring (bicyclic) bond motifs is 1. The molecule has 3 amide bonds. The number of ether oxygens (including phenoxy) is 1. The molecule has 1 aromatic heterocycles. The fourth-order valence-electron chi connectivity index (χ4n) is 3.98. The second kappa shape index (κ2) is 9.43. The first-order valence-electron chi connectivity index (χ1n) is 11.2. The van der Waals surface area contributed by atoms with E-state index in [1.54, 1.807) is 48.5 Å². The zero-order valence-corrected chi connectivity index (χ0v) is 19.5. The molecule has 2 atom stereocenters. The lowest BCUT2D eigenvalue weighted by Crippen LogP contribution is -2.50. The summed E-state index contributed by atoms with van der Waals surface area (Å²) in [6.45, 7) is 7.50. The van der Waals surface area contributed by atoms with Crippen molar-refractivity contribution < 1.29 is 19.1 Å². The van der Waals surface area contributed by atoms with E-state index in [1.807, 2.05) is 33.8 Å². The van der Waals surface area contributed by atoms with Crippen molar-refractivity contribution in [3.05, 3.63) is 77.1 Å². The molecule has 0 aliphatic carbocycles. The molecule has 8 heteroatoms. The van der Waals surface area contributed by atoms with Crippen molar-refractivity contribution in [1.29, 1.82) is 0 Å². The van der Waals surface area contributed by atoms with Gasteiger partial charge in [0.25, 0.3) is 11.8 Å². The highest BCUT2D eigenvalue weighted by molar-refractivity contribution is 6.23. The van der Waals surface area contributed by atoms with Crippen molar-refractivity contribution in [2.24, 2.45) is 5.92 Å². The number of aryl methyl sites for hydroxylation is 2. The Morgan fingerprint density at radius 3 is 2.06 bits per heavy atom.